The van der Waals surface area contributed by atoms with E-state index in [1.165, 1.54) is 17.0 Å². The number of nitrogens with one attached hydrogen (secondary N) is 1. The third-order valence-electron chi connectivity index (χ3n) is 3.14. The first-order valence-corrected chi connectivity index (χ1v) is 7.46. The summed E-state index contributed by atoms with van der Waals surface area (Å²) in [6.45, 7) is 7.00. The molecule has 0 aliphatic carbocycles. The molecule has 2 rings (SSSR count). The van der Waals surface area contributed by atoms with Crippen molar-refractivity contribution >= 4 is 11.3 Å². The Balaban J connectivity index is 2.20. The lowest BCUT2D eigenvalue weighted by Crippen LogP contribution is -2.17. The Labute approximate surface area is 121 Å². The standard InChI is InChI=1S/C15H18F2N2S/c1-4-18-9(2)15-10(3)19-14(20-15)7-11-5-6-12(16)8-13(11)17/h5-6,8-9,18H,4,7H2,1-3H3. The summed E-state index contributed by atoms with van der Waals surface area (Å²) in [5, 5.41) is 4.20. The van der Waals surface area contributed by atoms with Gasteiger partial charge in [0.15, 0.2) is 0 Å². The summed E-state index contributed by atoms with van der Waals surface area (Å²) < 4.78 is 26.5. The number of hydrogen-bond acceptors (Lipinski definition) is 3. The van der Waals surface area contributed by atoms with Gasteiger partial charge in [-0.1, -0.05) is 13.0 Å². The molecule has 1 aromatic heterocycles. The van der Waals surface area contributed by atoms with Gasteiger partial charge in [0, 0.05) is 23.4 Å². The molecule has 0 saturated carbocycles. The fourth-order valence-electron chi connectivity index (χ4n) is 2.17. The normalized spacial score (nSPS) is 12.7. The minimum absolute atomic E-state index is 0.240. The van der Waals surface area contributed by atoms with Crippen LogP contribution in [0.3, 0.4) is 0 Å². The van der Waals surface area contributed by atoms with E-state index >= 15 is 0 Å². The van der Waals surface area contributed by atoms with Crippen LogP contribution in [0.4, 0.5) is 8.78 Å². The monoisotopic (exact) mass is 296 g/mol. The zero-order chi connectivity index (χ0) is 14.7. The second-order valence-electron chi connectivity index (χ2n) is 4.75. The Bertz CT molecular complexity index is 596. The van der Waals surface area contributed by atoms with Crippen LogP contribution in [0.5, 0.6) is 0 Å². The van der Waals surface area contributed by atoms with Crippen LogP contribution in [0, 0.1) is 18.6 Å². The van der Waals surface area contributed by atoms with E-state index in [1.54, 1.807) is 11.3 Å². The molecule has 0 radical (unpaired) electrons. The molecule has 0 saturated heterocycles. The van der Waals surface area contributed by atoms with Gasteiger partial charge in [-0.3, -0.25) is 0 Å². The van der Waals surface area contributed by atoms with Gasteiger partial charge in [-0.15, -0.1) is 11.3 Å². The minimum atomic E-state index is -0.553. The summed E-state index contributed by atoms with van der Waals surface area (Å²) in [5.74, 6) is -1.07. The molecule has 1 unspecified atom stereocenters. The highest BCUT2D eigenvalue weighted by Crippen LogP contribution is 2.27. The Morgan fingerprint density at radius 1 is 1.35 bits per heavy atom. The number of aryl methyl sites for hydroxylation is 1. The molecule has 1 heterocycles. The van der Waals surface area contributed by atoms with Crippen molar-refractivity contribution in [3.63, 3.8) is 0 Å². The summed E-state index contributed by atoms with van der Waals surface area (Å²) in [4.78, 5) is 5.66. The van der Waals surface area contributed by atoms with Crippen molar-refractivity contribution in [3.8, 4) is 0 Å². The first-order chi connectivity index (χ1) is 9.51. The number of thiazole rings is 1. The maximum absolute atomic E-state index is 13.6. The Morgan fingerprint density at radius 3 is 2.75 bits per heavy atom. The molecular formula is C15H18F2N2S. The van der Waals surface area contributed by atoms with Gasteiger partial charge in [0.05, 0.1) is 10.7 Å². The van der Waals surface area contributed by atoms with Gasteiger partial charge >= 0.3 is 0 Å². The number of rotatable bonds is 5. The van der Waals surface area contributed by atoms with Crippen molar-refractivity contribution in [1.82, 2.24) is 10.3 Å². The fraction of sp³-hybridized carbons (Fsp3) is 0.400. The molecule has 108 valence electrons. The molecule has 0 aliphatic heterocycles. The van der Waals surface area contributed by atoms with Crippen molar-refractivity contribution in [2.45, 2.75) is 33.2 Å². The molecule has 0 amide bonds. The van der Waals surface area contributed by atoms with Crippen LogP contribution >= 0.6 is 11.3 Å². The largest absolute Gasteiger partial charge is 0.310 e. The summed E-state index contributed by atoms with van der Waals surface area (Å²) in [5.41, 5.74) is 1.45. The topological polar surface area (TPSA) is 24.9 Å². The Morgan fingerprint density at radius 2 is 2.10 bits per heavy atom. The molecule has 5 heteroatoms. The lowest BCUT2D eigenvalue weighted by atomic mass is 10.1. The third kappa shape index (κ3) is 3.41. The van der Waals surface area contributed by atoms with Gasteiger partial charge in [-0.2, -0.15) is 0 Å². The van der Waals surface area contributed by atoms with Crippen LogP contribution in [-0.4, -0.2) is 11.5 Å². The molecule has 0 spiro atoms. The fourth-order valence-corrected chi connectivity index (χ4v) is 3.29. The summed E-state index contributed by atoms with van der Waals surface area (Å²) >= 11 is 1.58. The van der Waals surface area contributed by atoms with Gasteiger partial charge in [0.2, 0.25) is 0 Å². The maximum atomic E-state index is 13.6. The molecule has 1 N–H and O–H groups in total. The second-order valence-corrected chi connectivity index (χ2v) is 5.86. The molecule has 0 fully saturated rings. The van der Waals surface area contributed by atoms with Gasteiger partial charge < -0.3 is 5.32 Å². The molecule has 1 atom stereocenters. The van der Waals surface area contributed by atoms with Gasteiger partial charge in [0.25, 0.3) is 0 Å². The number of hydrogen-bond donors (Lipinski definition) is 1. The van der Waals surface area contributed by atoms with Crippen molar-refractivity contribution in [2.75, 3.05) is 6.54 Å². The zero-order valence-corrected chi connectivity index (χ0v) is 12.7. The van der Waals surface area contributed by atoms with E-state index in [0.29, 0.717) is 12.0 Å². The molecule has 20 heavy (non-hydrogen) atoms. The van der Waals surface area contributed by atoms with Crippen molar-refractivity contribution in [3.05, 3.63) is 51.0 Å². The number of halogens is 2. The predicted molar refractivity (Wildman–Crippen MR) is 78.1 cm³/mol. The number of benzene rings is 1. The van der Waals surface area contributed by atoms with E-state index in [1.807, 2.05) is 6.92 Å². The summed E-state index contributed by atoms with van der Waals surface area (Å²) in [6.07, 6.45) is 0.399. The number of nitrogens with zero attached hydrogens (tertiary/aromatic N) is 1. The molecule has 1 aromatic carbocycles. The smallest absolute Gasteiger partial charge is 0.129 e. The zero-order valence-electron chi connectivity index (χ0n) is 11.8. The van der Waals surface area contributed by atoms with Gasteiger partial charge in [-0.25, -0.2) is 13.8 Å². The first-order valence-electron chi connectivity index (χ1n) is 6.64. The first kappa shape index (κ1) is 15.1. The third-order valence-corrected chi connectivity index (χ3v) is 4.48. The summed E-state index contributed by atoms with van der Waals surface area (Å²) in [6, 6.07) is 3.91. The van der Waals surface area contributed by atoms with E-state index < -0.39 is 11.6 Å². The van der Waals surface area contributed by atoms with Crippen LogP contribution in [-0.2, 0) is 6.42 Å². The van der Waals surface area contributed by atoms with Crippen molar-refractivity contribution < 1.29 is 8.78 Å². The van der Waals surface area contributed by atoms with Crippen molar-refractivity contribution in [1.29, 1.82) is 0 Å². The van der Waals surface area contributed by atoms with E-state index in [4.69, 9.17) is 0 Å². The van der Waals surface area contributed by atoms with E-state index in [2.05, 4.69) is 24.1 Å². The van der Waals surface area contributed by atoms with E-state index in [0.717, 1.165) is 23.3 Å². The highest BCUT2D eigenvalue weighted by Gasteiger charge is 2.15. The summed E-state index contributed by atoms with van der Waals surface area (Å²) in [7, 11) is 0. The lowest BCUT2D eigenvalue weighted by Gasteiger charge is -2.09. The minimum Gasteiger partial charge on any atom is -0.310 e. The Kier molecular flexibility index (Phi) is 4.83. The lowest BCUT2D eigenvalue weighted by molar-refractivity contribution is 0.574. The average Bonchev–Trinajstić information content (AvgIpc) is 2.74. The predicted octanol–water partition coefficient (Wildman–Crippen LogP) is 3.99. The average molecular weight is 296 g/mol. The van der Waals surface area contributed by atoms with Crippen LogP contribution in [0.15, 0.2) is 18.2 Å². The highest BCUT2D eigenvalue weighted by atomic mass is 32.1. The molecular weight excluding hydrogens is 278 g/mol. The highest BCUT2D eigenvalue weighted by molar-refractivity contribution is 7.11. The van der Waals surface area contributed by atoms with Crippen LogP contribution in [0.2, 0.25) is 0 Å². The quantitative estimate of drug-likeness (QED) is 0.902. The van der Waals surface area contributed by atoms with Crippen LogP contribution in [0.1, 0.15) is 41.0 Å². The van der Waals surface area contributed by atoms with Gasteiger partial charge in [-0.05, 0) is 32.0 Å². The Hall–Kier alpha value is -1.33. The maximum Gasteiger partial charge on any atom is 0.129 e. The second kappa shape index (κ2) is 6.41. The van der Waals surface area contributed by atoms with Crippen LogP contribution in [0.25, 0.3) is 0 Å². The molecule has 0 bridgehead atoms. The van der Waals surface area contributed by atoms with E-state index in [9.17, 15) is 8.78 Å². The number of aromatic nitrogens is 1. The molecule has 0 aliphatic rings. The molecule has 2 nitrogen and oxygen atoms in total. The molecule has 2 aromatic rings. The van der Waals surface area contributed by atoms with Crippen molar-refractivity contribution in [2.24, 2.45) is 0 Å². The van der Waals surface area contributed by atoms with Gasteiger partial charge in [0.1, 0.15) is 11.6 Å². The van der Waals surface area contributed by atoms with Crippen LogP contribution < -0.4 is 5.32 Å². The van der Waals surface area contributed by atoms with E-state index in [-0.39, 0.29) is 6.04 Å². The SMILES string of the molecule is CCNC(C)c1sc(Cc2ccc(F)cc2F)nc1C.